The number of benzene rings is 1. The summed E-state index contributed by atoms with van der Waals surface area (Å²) in [6.07, 6.45) is 7.59. The molecule has 0 radical (unpaired) electrons. The van der Waals surface area contributed by atoms with E-state index in [1.54, 1.807) is 0 Å². The van der Waals surface area contributed by atoms with E-state index in [0.29, 0.717) is 6.42 Å². The van der Waals surface area contributed by atoms with Crippen molar-refractivity contribution in [1.29, 1.82) is 0 Å². The maximum Gasteiger partial charge on any atom is 0.320 e. The van der Waals surface area contributed by atoms with Gasteiger partial charge in [-0.05, 0) is 30.5 Å². The van der Waals surface area contributed by atoms with E-state index in [-0.39, 0.29) is 0 Å². The van der Waals surface area contributed by atoms with Gasteiger partial charge in [-0.1, -0.05) is 56.6 Å². The van der Waals surface area contributed by atoms with Crippen molar-refractivity contribution in [3.8, 4) is 11.8 Å². The van der Waals surface area contributed by atoms with Crippen LogP contribution in [-0.4, -0.2) is 17.1 Å². The van der Waals surface area contributed by atoms with E-state index in [1.165, 1.54) is 32.1 Å². The minimum Gasteiger partial charge on any atom is -0.480 e. The number of aliphatic carboxylic acids is 1. The largest absolute Gasteiger partial charge is 0.480 e. The Morgan fingerprint density at radius 1 is 1.19 bits per heavy atom. The molecule has 0 bridgehead atoms. The van der Waals surface area contributed by atoms with E-state index in [9.17, 15) is 4.79 Å². The summed E-state index contributed by atoms with van der Waals surface area (Å²) in [5.41, 5.74) is 7.40. The molecule has 3 N–H and O–H groups in total. The Kier molecular flexibility index (Phi) is 8.23. The van der Waals surface area contributed by atoms with Crippen LogP contribution in [0, 0.1) is 11.8 Å². The van der Waals surface area contributed by atoms with E-state index in [4.69, 9.17) is 10.8 Å². The quantitative estimate of drug-likeness (QED) is 0.569. The highest BCUT2D eigenvalue weighted by atomic mass is 16.4. The van der Waals surface area contributed by atoms with Crippen LogP contribution in [-0.2, 0) is 11.2 Å². The molecule has 3 heteroatoms. The number of unbranched alkanes of at least 4 members (excludes halogenated alkanes) is 5. The van der Waals surface area contributed by atoms with Crippen molar-refractivity contribution in [3.05, 3.63) is 35.4 Å². The predicted octanol–water partition coefficient (Wildman–Crippen LogP) is 3.35. The Labute approximate surface area is 127 Å². The first-order chi connectivity index (χ1) is 10.1. The highest BCUT2D eigenvalue weighted by Gasteiger charge is 2.11. The van der Waals surface area contributed by atoms with Gasteiger partial charge < -0.3 is 10.8 Å². The van der Waals surface area contributed by atoms with E-state index >= 15 is 0 Å². The van der Waals surface area contributed by atoms with Gasteiger partial charge in [0.1, 0.15) is 6.04 Å². The molecule has 0 amide bonds. The van der Waals surface area contributed by atoms with Crippen molar-refractivity contribution in [2.75, 3.05) is 0 Å². The first-order valence-corrected chi connectivity index (χ1v) is 7.69. The molecule has 1 aromatic carbocycles. The summed E-state index contributed by atoms with van der Waals surface area (Å²) in [5.74, 6) is 5.36. The molecule has 0 heterocycles. The van der Waals surface area contributed by atoms with Crippen LogP contribution in [0.2, 0.25) is 0 Å². The van der Waals surface area contributed by atoms with Crippen molar-refractivity contribution in [2.24, 2.45) is 5.73 Å². The minimum atomic E-state index is -0.970. The third-order valence-corrected chi connectivity index (χ3v) is 3.36. The second-order valence-electron chi connectivity index (χ2n) is 5.31. The second-order valence-corrected chi connectivity index (χ2v) is 5.31. The molecule has 21 heavy (non-hydrogen) atoms. The van der Waals surface area contributed by atoms with Gasteiger partial charge in [-0.3, -0.25) is 4.79 Å². The van der Waals surface area contributed by atoms with Gasteiger partial charge in [0.05, 0.1) is 0 Å². The highest BCUT2D eigenvalue weighted by Crippen LogP contribution is 2.07. The van der Waals surface area contributed by atoms with Crippen molar-refractivity contribution in [3.63, 3.8) is 0 Å². The lowest BCUT2D eigenvalue weighted by molar-refractivity contribution is -0.138. The fourth-order valence-electron chi connectivity index (χ4n) is 2.05. The minimum absolute atomic E-state index is 0.348. The van der Waals surface area contributed by atoms with Crippen LogP contribution in [0.3, 0.4) is 0 Å². The van der Waals surface area contributed by atoms with Crippen LogP contribution in [0.1, 0.15) is 56.6 Å². The topological polar surface area (TPSA) is 63.3 Å². The number of rotatable bonds is 8. The van der Waals surface area contributed by atoms with E-state index in [0.717, 1.165) is 17.5 Å². The Morgan fingerprint density at radius 2 is 1.86 bits per heavy atom. The Balaban J connectivity index is 2.36. The van der Waals surface area contributed by atoms with Crippen molar-refractivity contribution >= 4 is 5.97 Å². The van der Waals surface area contributed by atoms with Gasteiger partial charge in [-0.25, -0.2) is 0 Å². The molecule has 0 aliphatic carbocycles. The van der Waals surface area contributed by atoms with Gasteiger partial charge in [0, 0.05) is 12.0 Å². The van der Waals surface area contributed by atoms with Crippen molar-refractivity contribution in [1.82, 2.24) is 0 Å². The van der Waals surface area contributed by atoms with Crippen LogP contribution in [0.5, 0.6) is 0 Å². The lowest BCUT2D eigenvalue weighted by Gasteiger charge is -2.05. The highest BCUT2D eigenvalue weighted by molar-refractivity contribution is 5.73. The molecule has 0 saturated heterocycles. The van der Waals surface area contributed by atoms with Gasteiger partial charge >= 0.3 is 5.97 Å². The second kappa shape index (κ2) is 10.0. The fraction of sp³-hybridized carbons (Fsp3) is 0.500. The summed E-state index contributed by atoms with van der Waals surface area (Å²) in [6, 6.07) is 6.80. The van der Waals surface area contributed by atoms with E-state index in [2.05, 4.69) is 18.8 Å². The molecule has 0 aromatic heterocycles. The Bertz CT molecular complexity index is 482. The molecule has 1 atom stereocenters. The van der Waals surface area contributed by atoms with E-state index < -0.39 is 12.0 Å². The van der Waals surface area contributed by atoms with Gasteiger partial charge in [0.25, 0.3) is 0 Å². The normalized spacial score (nSPS) is 11.5. The van der Waals surface area contributed by atoms with Gasteiger partial charge in [-0.15, -0.1) is 0 Å². The molecule has 0 saturated carbocycles. The number of hydrogen-bond acceptors (Lipinski definition) is 2. The number of carboxylic acids is 1. The zero-order valence-electron chi connectivity index (χ0n) is 12.8. The molecular weight excluding hydrogens is 262 g/mol. The molecule has 1 rings (SSSR count). The molecule has 0 unspecified atom stereocenters. The molecule has 0 aliphatic rings. The lowest BCUT2D eigenvalue weighted by atomic mass is 10.0. The number of hydrogen-bond donors (Lipinski definition) is 2. The van der Waals surface area contributed by atoms with Crippen LogP contribution in [0.15, 0.2) is 24.3 Å². The molecule has 114 valence electrons. The van der Waals surface area contributed by atoms with E-state index in [1.807, 2.05) is 24.3 Å². The summed E-state index contributed by atoms with van der Waals surface area (Å²) < 4.78 is 0. The van der Waals surface area contributed by atoms with Gasteiger partial charge in [0.15, 0.2) is 0 Å². The predicted molar refractivity (Wildman–Crippen MR) is 86.0 cm³/mol. The maximum absolute atomic E-state index is 10.7. The van der Waals surface area contributed by atoms with Crippen LogP contribution >= 0.6 is 0 Å². The average Bonchev–Trinajstić information content (AvgIpc) is 2.48. The first-order valence-electron chi connectivity index (χ1n) is 7.69. The zero-order valence-corrected chi connectivity index (χ0v) is 12.8. The molecule has 0 fully saturated rings. The summed E-state index contributed by atoms with van der Waals surface area (Å²) in [5, 5.41) is 8.77. The molecule has 0 aliphatic heterocycles. The smallest absolute Gasteiger partial charge is 0.320 e. The SMILES string of the molecule is CCCCCCCC#Cc1ccc(C[C@H](N)C(=O)O)cc1. The summed E-state index contributed by atoms with van der Waals surface area (Å²) in [4.78, 5) is 10.7. The number of carbonyl (C=O) groups is 1. The third-order valence-electron chi connectivity index (χ3n) is 3.36. The monoisotopic (exact) mass is 287 g/mol. The molecule has 3 nitrogen and oxygen atoms in total. The van der Waals surface area contributed by atoms with Crippen LogP contribution in [0.4, 0.5) is 0 Å². The Hall–Kier alpha value is -1.79. The Morgan fingerprint density at radius 3 is 2.48 bits per heavy atom. The van der Waals surface area contributed by atoms with Gasteiger partial charge in [-0.2, -0.15) is 0 Å². The molecular formula is C18H25NO2. The van der Waals surface area contributed by atoms with Crippen LogP contribution in [0.25, 0.3) is 0 Å². The average molecular weight is 287 g/mol. The first kappa shape index (κ1) is 17.3. The van der Waals surface area contributed by atoms with Crippen molar-refractivity contribution in [2.45, 2.75) is 57.9 Å². The summed E-state index contributed by atoms with van der Waals surface area (Å²) in [6.45, 7) is 2.22. The summed E-state index contributed by atoms with van der Waals surface area (Å²) >= 11 is 0. The number of nitrogens with two attached hydrogens (primary N) is 1. The lowest BCUT2D eigenvalue weighted by Crippen LogP contribution is -2.32. The molecule has 1 aromatic rings. The third kappa shape index (κ3) is 7.53. The van der Waals surface area contributed by atoms with Crippen molar-refractivity contribution < 1.29 is 9.90 Å². The van der Waals surface area contributed by atoms with Crippen LogP contribution < -0.4 is 5.73 Å². The maximum atomic E-state index is 10.7. The zero-order chi connectivity index (χ0) is 15.5. The standard InChI is InChI=1S/C18H25NO2/c1-2-3-4-5-6-7-8-9-15-10-12-16(13-11-15)14-17(19)18(20)21/h10-13,17H,2-7,14,19H2,1H3,(H,20,21)/t17-/m0/s1. The molecule has 0 spiro atoms. The summed E-state index contributed by atoms with van der Waals surface area (Å²) in [7, 11) is 0. The fourth-order valence-corrected chi connectivity index (χ4v) is 2.05. The van der Waals surface area contributed by atoms with Gasteiger partial charge in [0.2, 0.25) is 0 Å². The number of carboxylic acid groups (broad SMARTS) is 1.